The average molecular weight is 345 g/mol. The van der Waals surface area contributed by atoms with Gasteiger partial charge >= 0.3 is 0 Å². The largest absolute Gasteiger partial charge is 0.378 e. The van der Waals surface area contributed by atoms with Gasteiger partial charge < -0.3 is 5.32 Å². The van der Waals surface area contributed by atoms with Gasteiger partial charge in [-0.15, -0.1) is 11.3 Å². The van der Waals surface area contributed by atoms with Crippen LogP contribution in [0.5, 0.6) is 0 Å². The zero-order valence-electron chi connectivity index (χ0n) is 10.3. The van der Waals surface area contributed by atoms with Crippen molar-refractivity contribution in [3.63, 3.8) is 0 Å². The summed E-state index contributed by atoms with van der Waals surface area (Å²) >= 11 is 11.3. The fourth-order valence-corrected chi connectivity index (χ4v) is 3.18. The molecular weight excluding hydrogens is 330 g/mol. The van der Waals surface area contributed by atoms with Crippen molar-refractivity contribution >= 4 is 44.6 Å². The van der Waals surface area contributed by atoms with Crippen molar-refractivity contribution in [2.75, 3.05) is 5.32 Å². The van der Waals surface area contributed by atoms with Gasteiger partial charge in [-0.3, -0.25) is 0 Å². The molecule has 2 rings (SSSR count). The molecule has 0 saturated heterocycles. The fourth-order valence-electron chi connectivity index (χ4n) is 1.72. The Morgan fingerprint density at radius 3 is 2.72 bits per heavy atom. The first-order valence-corrected chi connectivity index (χ1v) is 7.89. The maximum Gasteiger partial charge on any atom is 0.0578 e. The summed E-state index contributed by atoms with van der Waals surface area (Å²) in [5.41, 5.74) is 1.07. The number of hydrogen-bond donors (Lipinski definition) is 1. The highest BCUT2D eigenvalue weighted by Gasteiger charge is 2.09. The Balaban J connectivity index is 2.10. The van der Waals surface area contributed by atoms with Crippen LogP contribution >= 0.6 is 38.9 Å². The van der Waals surface area contributed by atoms with Gasteiger partial charge in [-0.05, 0) is 59.6 Å². The minimum Gasteiger partial charge on any atom is -0.378 e. The first-order chi connectivity index (χ1) is 8.60. The molecule has 0 radical (unpaired) electrons. The van der Waals surface area contributed by atoms with Crippen molar-refractivity contribution in [2.45, 2.75) is 26.3 Å². The molecule has 0 amide bonds. The van der Waals surface area contributed by atoms with Crippen molar-refractivity contribution in [3.05, 3.63) is 49.6 Å². The molecular formula is C14H15BrClNS. The third-order valence-corrected chi connectivity index (χ3v) is 5.39. The number of aryl methyl sites for hydroxylation is 1. The monoisotopic (exact) mass is 343 g/mol. The Morgan fingerprint density at radius 2 is 2.11 bits per heavy atom. The summed E-state index contributed by atoms with van der Waals surface area (Å²) in [5.74, 6) is 0. The Bertz CT molecular complexity index is 538. The summed E-state index contributed by atoms with van der Waals surface area (Å²) in [6.45, 7) is 4.36. The van der Waals surface area contributed by atoms with Crippen LogP contribution < -0.4 is 5.32 Å². The van der Waals surface area contributed by atoms with Crippen molar-refractivity contribution in [2.24, 2.45) is 0 Å². The lowest BCUT2D eigenvalue weighted by atomic mass is 10.2. The summed E-state index contributed by atoms with van der Waals surface area (Å²) in [7, 11) is 0. The molecule has 1 atom stereocenters. The van der Waals surface area contributed by atoms with E-state index in [2.05, 4.69) is 47.2 Å². The van der Waals surface area contributed by atoms with E-state index in [0.717, 1.165) is 21.6 Å². The highest BCUT2D eigenvalue weighted by molar-refractivity contribution is 9.10. The summed E-state index contributed by atoms with van der Waals surface area (Å²) in [6.07, 6.45) is 1.10. The van der Waals surface area contributed by atoms with E-state index in [1.54, 1.807) is 0 Å². The standard InChI is InChI=1S/C14H15BrClNS/c1-3-11-5-7-14(18-11)9(2)17-10-4-6-13(16)12(15)8-10/h4-9,17H,3H2,1-2H3. The highest BCUT2D eigenvalue weighted by Crippen LogP contribution is 2.30. The van der Waals surface area contributed by atoms with E-state index < -0.39 is 0 Å². The molecule has 1 aromatic heterocycles. The lowest BCUT2D eigenvalue weighted by Crippen LogP contribution is -2.04. The van der Waals surface area contributed by atoms with E-state index in [1.807, 2.05) is 29.5 Å². The van der Waals surface area contributed by atoms with E-state index in [4.69, 9.17) is 11.6 Å². The molecule has 96 valence electrons. The van der Waals surface area contributed by atoms with Gasteiger partial charge in [0.2, 0.25) is 0 Å². The topological polar surface area (TPSA) is 12.0 Å². The Labute approximate surface area is 125 Å². The zero-order chi connectivity index (χ0) is 13.1. The fraction of sp³-hybridized carbons (Fsp3) is 0.286. The quantitative estimate of drug-likeness (QED) is 0.728. The Morgan fingerprint density at radius 1 is 1.33 bits per heavy atom. The van der Waals surface area contributed by atoms with Gasteiger partial charge in [-0.2, -0.15) is 0 Å². The van der Waals surface area contributed by atoms with Gasteiger partial charge in [0.05, 0.1) is 11.1 Å². The predicted octanol–water partition coefficient (Wildman–Crippen LogP) is 5.90. The van der Waals surface area contributed by atoms with Crippen LogP contribution in [0.2, 0.25) is 5.02 Å². The van der Waals surface area contributed by atoms with Gasteiger partial charge in [-0.1, -0.05) is 18.5 Å². The van der Waals surface area contributed by atoms with Crippen LogP contribution in [-0.2, 0) is 6.42 Å². The molecule has 0 fully saturated rings. The first-order valence-electron chi connectivity index (χ1n) is 5.90. The maximum absolute atomic E-state index is 5.98. The summed E-state index contributed by atoms with van der Waals surface area (Å²) in [6, 6.07) is 10.6. The number of rotatable bonds is 4. The van der Waals surface area contributed by atoms with Gasteiger partial charge in [0.1, 0.15) is 0 Å². The summed E-state index contributed by atoms with van der Waals surface area (Å²) < 4.78 is 0.918. The molecule has 4 heteroatoms. The number of benzene rings is 1. The second kappa shape index (κ2) is 6.09. The van der Waals surface area contributed by atoms with E-state index in [9.17, 15) is 0 Å². The van der Waals surface area contributed by atoms with Crippen molar-refractivity contribution in [3.8, 4) is 0 Å². The first kappa shape index (κ1) is 13.9. The molecule has 1 heterocycles. The van der Waals surface area contributed by atoms with Crippen molar-refractivity contribution in [1.82, 2.24) is 0 Å². The number of halogens is 2. The molecule has 0 saturated carbocycles. The molecule has 2 aromatic rings. The zero-order valence-corrected chi connectivity index (χ0v) is 13.5. The van der Waals surface area contributed by atoms with E-state index in [1.165, 1.54) is 9.75 Å². The van der Waals surface area contributed by atoms with Crippen LogP contribution in [0.1, 0.15) is 29.6 Å². The van der Waals surface area contributed by atoms with Crippen molar-refractivity contribution in [1.29, 1.82) is 0 Å². The molecule has 0 spiro atoms. The smallest absolute Gasteiger partial charge is 0.0578 e. The van der Waals surface area contributed by atoms with Crippen LogP contribution in [0, 0.1) is 0 Å². The van der Waals surface area contributed by atoms with Gasteiger partial charge in [0, 0.05) is 19.9 Å². The number of hydrogen-bond acceptors (Lipinski definition) is 2. The minimum atomic E-state index is 0.309. The molecule has 1 nitrogen and oxygen atoms in total. The lowest BCUT2D eigenvalue weighted by molar-refractivity contribution is 0.908. The maximum atomic E-state index is 5.98. The molecule has 1 N–H and O–H groups in total. The third kappa shape index (κ3) is 3.28. The Kier molecular flexibility index (Phi) is 4.71. The van der Waals surface area contributed by atoms with E-state index in [0.29, 0.717) is 6.04 Å². The van der Waals surface area contributed by atoms with Gasteiger partial charge in [0.15, 0.2) is 0 Å². The highest BCUT2D eigenvalue weighted by atomic mass is 79.9. The number of anilines is 1. The van der Waals surface area contributed by atoms with Crippen LogP contribution in [0.3, 0.4) is 0 Å². The molecule has 0 aliphatic rings. The molecule has 0 bridgehead atoms. The molecule has 18 heavy (non-hydrogen) atoms. The molecule has 0 aliphatic carbocycles. The van der Waals surface area contributed by atoms with Crippen molar-refractivity contribution < 1.29 is 0 Å². The van der Waals surface area contributed by atoms with Crippen LogP contribution in [0.4, 0.5) is 5.69 Å². The predicted molar refractivity (Wildman–Crippen MR) is 84.9 cm³/mol. The van der Waals surface area contributed by atoms with E-state index >= 15 is 0 Å². The summed E-state index contributed by atoms with van der Waals surface area (Å²) in [4.78, 5) is 2.79. The second-order valence-electron chi connectivity index (χ2n) is 4.15. The normalized spacial score (nSPS) is 12.4. The number of nitrogens with one attached hydrogen (secondary N) is 1. The molecule has 1 aromatic carbocycles. The average Bonchev–Trinajstić information content (AvgIpc) is 2.82. The lowest BCUT2D eigenvalue weighted by Gasteiger charge is -2.14. The number of thiophene rings is 1. The SMILES string of the molecule is CCc1ccc(C(C)Nc2ccc(Cl)c(Br)c2)s1. The van der Waals surface area contributed by atoms with Crippen LogP contribution in [-0.4, -0.2) is 0 Å². The minimum absolute atomic E-state index is 0.309. The van der Waals surface area contributed by atoms with Crippen LogP contribution in [0.25, 0.3) is 0 Å². The third-order valence-electron chi connectivity index (χ3n) is 2.76. The van der Waals surface area contributed by atoms with Gasteiger partial charge in [0.25, 0.3) is 0 Å². The summed E-state index contributed by atoms with van der Waals surface area (Å²) in [5, 5.41) is 4.22. The van der Waals surface area contributed by atoms with Gasteiger partial charge in [-0.25, -0.2) is 0 Å². The Hall–Kier alpha value is -0.510. The molecule has 1 unspecified atom stereocenters. The van der Waals surface area contributed by atoms with E-state index in [-0.39, 0.29) is 0 Å². The van der Waals surface area contributed by atoms with Crippen LogP contribution in [0.15, 0.2) is 34.8 Å². The molecule has 0 aliphatic heterocycles. The second-order valence-corrected chi connectivity index (χ2v) is 6.61.